The minimum atomic E-state index is -4.48. The molecule has 66 heavy (non-hydrogen) atoms. The number of aromatic nitrogens is 2. The predicted octanol–water partition coefficient (Wildman–Crippen LogP) is 10.7. The lowest BCUT2D eigenvalue weighted by Crippen LogP contribution is -2.53. The van der Waals surface area contributed by atoms with Crippen molar-refractivity contribution in [1.29, 1.82) is 0 Å². The maximum absolute atomic E-state index is 17.2. The van der Waals surface area contributed by atoms with Gasteiger partial charge in [-0.25, -0.2) is 9.59 Å². The molecule has 0 amide bonds. The lowest BCUT2D eigenvalue weighted by atomic mass is 9.81. The second-order valence-electron chi connectivity index (χ2n) is 18.1. The van der Waals surface area contributed by atoms with Gasteiger partial charge in [0.2, 0.25) is 0 Å². The summed E-state index contributed by atoms with van der Waals surface area (Å²) in [7, 11) is 0. The number of aryl methyl sites for hydroxylation is 2. The van der Waals surface area contributed by atoms with Gasteiger partial charge in [0.1, 0.15) is 23.5 Å². The number of carbonyl (C=O) groups excluding carboxylic acids is 2. The van der Waals surface area contributed by atoms with E-state index in [1.54, 1.807) is 65.0 Å². The predicted molar refractivity (Wildman–Crippen MR) is 266 cm³/mol. The molecule has 3 aromatic heterocycles. The molecule has 0 N–H and O–H groups in total. The van der Waals surface area contributed by atoms with Crippen molar-refractivity contribution >= 4 is 92.5 Å². The quantitative estimate of drug-likeness (QED) is 0.0347. The molecule has 342 valence electrons. The first-order valence-electron chi connectivity index (χ1n) is 22.1. The Morgan fingerprint density at radius 1 is 0.773 bits per heavy atom. The van der Waals surface area contributed by atoms with Crippen molar-refractivity contribution in [2.45, 2.75) is 88.1 Å². The highest BCUT2D eigenvalue weighted by atomic mass is 127. The van der Waals surface area contributed by atoms with Gasteiger partial charge in [0.15, 0.2) is 0 Å². The van der Waals surface area contributed by atoms with Crippen LogP contribution in [0.1, 0.15) is 98.0 Å². The molecule has 0 saturated heterocycles. The van der Waals surface area contributed by atoms with E-state index in [9.17, 15) is 19.2 Å². The molecular formula is C51H50BF2IN3O8-. The smallest absolute Gasteiger partial charge is 0.492 e. The van der Waals surface area contributed by atoms with Gasteiger partial charge >= 0.3 is 18.9 Å². The molecule has 0 radical (unpaired) electrons. The fourth-order valence-electron chi connectivity index (χ4n) is 10.1. The van der Waals surface area contributed by atoms with Crippen LogP contribution >= 0.6 is 21.0 Å². The SMILES string of the molecule is CCOC(=O)C1=C(C)C2=C(c3c(C)cc(OCCn4c(=O)c5ccc6oc7ccc(C(C)(C)C)cc7c7ccc(c4=O)c5c67)cc3C)c3c(C)c(C(=O)OCC)c(C)n3[B-](F)(F)N2I=C1C. The van der Waals surface area contributed by atoms with Crippen LogP contribution in [-0.2, 0) is 26.2 Å². The summed E-state index contributed by atoms with van der Waals surface area (Å²) in [5.41, 5.74) is 5.47. The number of pyridine rings is 1. The van der Waals surface area contributed by atoms with Crippen molar-refractivity contribution in [3.8, 4) is 5.75 Å². The Bertz CT molecular complexity index is 3440. The van der Waals surface area contributed by atoms with Crippen LogP contribution in [0.2, 0.25) is 0 Å². The third-order valence-electron chi connectivity index (χ3n) is 13.0. The average Bonchev–Trinajstić information content (AvgIpc) is 3.52. The molecule has 0 saturated carbocycles. The number of carbonyl (C=O) groups is 2. The molecule has 9 rings (SSSR count). The van der Waals surface area contributed by atoms with Gasteiger partial charge in [-0.05, 0) is 169 Å². The number of esters is 2. The molecule has 11 nitrogen and oxygen atoms in total. The first kappa shape index (κ1) is 45.1. The van der Waals surface area contributed by atoms with E-state index in [4.69, 9.17) is 18.6 Å². The van der Waals surface area contributed by atoms with Crippen LogP contribution in [0.4, 0.5) is 8.63 Å². The number of fused-ring (bicyclic) bond motifs is 4. The third-order valence-corrected chi connectivity index (χ3v) is 15.9. The van der Waals surface area contributed by atoms with Crippen LogP contribution in [0.25, 0.3) is 49.1 Å². The van der Waals surface area contributed by atoms with Crippen LogP contribution in [0, 0.1) is 27.7 Å². The molecule has 0 bridgehead atoms. The van der Waals surface area contributed by atoms with E-state index in [0.29, 0.717) is 70.0 Å². The summed E-state index contributed by atoms with van der Waals surface area (Å²) < 4.78 is 61.8. The van der Waals surface area contributed by atoms with Gasteiger partial charge in [-0.1, -0.05) is 32.9 Å². The van der Waals surface area contributed by atoms with Gasteiger partial charge in [-0.2, -0.15) is 0 Å². The normalized spacial score (nSPS) is 15.1. The fourth-order valence-corrected chi connectivity index (χ4v) is 13.1. The Morgan fingerprint density at radius 2 is 1.38 bits per heavy atom. The average molecular weight is 1010 g/mol. The number of rotatable bonds is 9. The maximum Gasteiger partial charge on any atom is 0.537 e. The van der Waals surface area contributed by atoms with Crippen molar-refractivity contribution in [3.05, 3.63) is 137 Å². The third kappa shape index (κ3) is 6.73. The minimum Gasteiger partial charge on any atom is -0.492 e. The van der Waals surface area contributed by atoms with Crippen molar-refractivity contribution < 1.29 is 36.8 Å². The standard InChI is InChI=1S/C51H50BF2IN3O8/c1-12-63-49(61)40-27(5)46-44(45-28(6)41(50(62)64-13-2)30(8)57(45)52(53,54)58(46)55-29(40)7)39-25(3)22-32(23-26(39)4)65-21-20-56-47(59)34-16-15-33-36-24-31(51(9,10)11)14-18-37(36)66-38-19-17-35(48(56)60)42(34)43(33)38/h14-19,22-24H,12-13,20-21H2,1-11H3/q-1. The number of hydrogen-bond donors (Lipinski definition) is 0. The molecule has 0 aliphatic carbocycles. The Kier molecular flexibility index (Phi) is 11.0. The molecule has 0 spiro atoms. The fraction of sp³-hybridized carbons (Fsp3) is 0.314. The molecule has 15 heteroatoms. The number of benzene rings is 4. The molecule has 4 aromatic carbocycles. The number of ether oxygens (including phenoxy) is 3. The zero-order valence-electron chi connectivity index (χ0n) is 38.8. The summed E-state index contributed by atoms with van der Waals surface area (Å²) in [5.74, 6) is -0.823. The van der Waals surface area contributed by atoms with Crippen LogP contribution in [-0.4, -0.2) is 54.3 Å². The van der Waals surface area contributed by atoms with Crippen molar-refractivity contribution in [2.24, 2.45) is 0 Å². The second kappa shape index (κ2) is 16.1. The first-order chi connectivity index (χ1) is 31.2. The number of nitrogens with zero attached hydrogens (tertiary/aromatic N) is 3. The highest BCUT2D eigenvalue weighted by Crippen LogP contribution is 2.52. The maximum atomic E-state index is 17.2. The van der Waals surface area contributed by atoms with E-state index in [1.165, 1.54) is 11.5 Å². The minimum absolute atomic E-state index is 0.0266. The van der Waals surface area contributed by atoms with Gasteiger partial charge in [-0.15, -0.1) is 0 Å². The second-order valence-corrected chi connectivity index (χ2v) is 21.3. The van der Waals surface area contributed by atoms with E-state index in [2.05, 4.69) is 32.9 Å². The summed E-state index contributed by atoms with van der Waals surface area (Å²) in [4.78, 5) is 55.2. The van der Waals surface area contributed by atoms with Crippen LogP contribution in [0.3, 0.4) is 0 Å². The lowest BCUT2D eigenvalue weighted by Gasteiger charge is -2.49. The van der Waals surface area contributed by atoms with Gasteiger partial charge in [0.25, 0.3) is 11.1 Å². The summed E-state index contributed by atoms with van der Waals surface area (Å²) in [5, 5.41) is 3.91. The molecule has 2 aliphatic rings. The Labute approximate surface area is 390 Å². The van der Waals surface area contributed by atoms with E-state index in [-0.39, 0.29) is 60.0 Å². The summed E-state index contributed by atoms with van der Waals surface area (Å²) in [6.07, 6.45) is 0. The molecule has 7 aromatic rings. The summed E-state index contributed by atoms with van der Waals surface area (Å²) >= 11 is -1.60. The number of halogens is 3. The molecule has 5 heterocycles. The van der Waals surface area contributed by atoms with E-state index in [0.717, 1.165) is 29.2 Å². The van der Waals surface area contributed by atoms with Crippen LogP contribution in [0.5, 0.6) is 5.75 Å². The monoisotopic (exact) mass is 1010 g/mol. The zero-order chi connectivity index (χ0) is 47.5. The zero-order valence-corrected chi connectivity index (χ0v) is 41.0. The van der Waals surface area contributed by atoms with Gasteiger partial charge < -0.3 is 34.8 Å². The molecule has 0 fully saturated rings. The molecule has 0 unspecified atom stereocenters. The van der Waals surface area contributed by atoms with Crippen LogP contribution < -0.4 is 15.9 Å². The van der Waals surface area contributed by atoms with E-state index < -0.39 is 51.0 Å². The van der Waals surface area contributed by atoms with Crippen molar-refractivity contribution in [2.75, 3.05) is 19.8 Å². The van der Waals surface area contributed by atoms with Gasteiger partial charge in [-0.3, -0.25) is 14.2 Å². The molecule has 0 atom stereocenters. The Morgan fingerprint density at radius 3 is 2.02 bits per heavy atom. The molecular weight excluding hydrogens is 958 g/mol. The number of hydrogen-bond acceptors (Lipinski definition) is 9. The lowest BCUT2D eigenvalue weighted by molar-refractivity contribution is -0.137. The Balaban J connectivity index is 1.12. The van der Waals surface area contributed by atoms with E-state index in [1.807, 2.05) is 26.0 Å². The Hall–Kier alpha value is -6.10. The first-order valence-corrected chi connectivity index (χ1v) is 24.1. The molecule has 2 aliphatic heterocycles. The largest absolute Gasteiger partial charge is 0.537 e. The highest BCUT2D eigenvalue weighted by Gasteiger charge is 2.49. The van der Waals surface area contributed by atoms with Crippen molar-refractivity contribution in [1.82, 2.24) is 12.1 Å². The van der Waals surface area contributed by atoms with Gasteiger partial charge in [0, 0.05) is 47.4 Å². The van der Waals surface area contributed by atoms with Crippen LogP contribution in [0.15, 0.2) is 85.4 Å². The summed E-state index contributed by atoms with van der Waals surface area (Å²) in [6.45, 7) is 15.7. The summed E-state index contributed by atoms with van der Waals surface area (Å²) in [6, 6.07) is 16.9. The topological polar surface area (TPSA) is 122 Å². The van der Waals surface area contributed by atoms with Gasteiger partial charge in [0.05, 0.1) is 30.9 Å². The van der Waals surface area contributed by atoms with Crippen molar-refractivity contribution in [3.63, 3.8) is 0 Å². The number of allylic oxidation sites excluding steroid dienone is 1. The van der Waals surface area contributed by atoms with E-state index >= 15 is 8.63 Å². The highest BCUT2D eigenvalue weighted by molar-refractivity contribution is 14.2.